The quantitative estimate of drug-likeness (QED) is 0.214. The van der Waals surface area contributed by atoms with Crippen LogP contribution in [0.4, 0.5) is 0 Å². The lowest BCUT2D eigenvalue weighted by atomic mass is 9.63. The molecule has 0 saturated carbocycles. The minimum atomic E-state index is -0.346. The summed E-state index contributed by atoms with van der Waals surface area (Å²) in [5.41, 5.74) is 3.00. The Morgan fingerprint density at radius 3 is 1.03 bits per heavy atom. The number of methoxy groups -OCH3 is 3. The molecule has 3 aromatic carbocycles. The highest BCUT2D eigenvalue weighted by molar-refractivity contribution is 5.71. The van der Waals surface area contributed by atoms with Crippen molar-refractivity contribution in [2.45, 2.75) is 66.9 Å². The molecule has 0 radical (unpaired) electrons. The molecule has 0 heterocycles. The second kappa shape index (κ2) is 14.6. The first-order valence-electron chi connectivity index (χ1n) is 13.1. The Labute approximate surface area is 236 Å². The maximum absolute atomic E-state index is 10.9. The van der Waals surface area contributed by atoms with Gasteiger partial charge in [-0.3, -0.25) is 4.79 Å². The normalized spacial score (nSPS) is 11.2. The summed E-state index contributed by atoms with van der Waals surface area (Å²) >= 11 is 0. The fourth-order valence-electron chi connectivity index (χ4n) is 4.48. The number of benzene rings is 3. The number of carbonyl (C=O) groups excluding carboxylic acids is 1. The first-order valence-corrected chi connectivity index (χ1v) is 13.1. The third-order valence-electron chi connectivity index (χ3n) is 6.38. The molecule has 0 atom stereocenters. The Morgan fingerprint density at radius 2 is 0.872 bits per heavy atom. The second-order valence-corrected chi connectivity index (χ2v) is 10.8. The van der Waals surface area contributed by atoms with E-state index in [9.17, 15) is 4.79 Å². The second-order valence-electron chi connectivity index (χ2n) is 10.8. The first kappa shape index (κ1) is 33.6. The Bertz CT molecular complexity index is 1010. The van der Waals surface area contributed by atoms with Crippen molar-refractivity contribution < 1.29 is 23.7 Å². The molecule has 0 aliphatic carbocycles. The molecule has 0 aliphatic heterocycles. The summed E-state index contributed by atoms with van der Waals surface area (Å²) in [6, 6.07) is 25.1. The first-order chi connectivity index (χ1) is 17.9. The molecule has 214 valence electrons. The van der Waals surface area contributed by atoms with Gasteiger partial charge < -0.3 is 18.9 Å². The standard InChI is InChI=1S/C25H28O3.C8H16O2.CH4/c1-18(2)25(19-6-12-22(26-3)13-7-19,20-8-14-23(27-4)15-9-20)21-10-16-24(28-5)17-11-21;1-6(2)7(9)10-8(3,4)5;/h6-18H,1-5H3;6H,1-5H3;1H4. The summed E-state index contributed by atoms with van der Waals surface area (Å²) in [5.74, 6) is 2.71. The molecular formula is C34H48O5. The van der Waals surface area contributed by atoms with Crippen molar-refractivity contribution in [3.63, 3.8) is 0 Å². The van der Waals surface area contributed by atoms with Crippen molar-refractivity contribution >= 4 is 5.97 Å². The predicted octanol–water partition coefficient (Wildman–Crippen LogP) is 8.32. The molecule has 3 rings (SSSR count). The fraction of sp³-hybridized carbons (Fsp3) is 0.441. The van der Waals surface area contributed by atoms with Crippen molar-refractivity contribution in [1.82, 2.24) is 0 Å². The summed E-state index contributed by atoms with van der Waals surface area (Å²) < 4.78 is 21.2. The van der Waals surface area contributed by atoms with E-state index in [0.29, 0.717) is 5.92 Å². The highest BCUT2D eigenvalue weighted by Crippen LogP contribution is 2.46. The van der Waals surface area contributed by atoms with Crippen molar-refractivity contribution in [3.8, 4) is 17.2 Å². The Morgan fingerprint density at radius 1 is 0.590 bits per heavy atom. The highest BCUT2D eigenvalue weighted by Gasteiger charge is 2.39. The molecule has 0 spiro atoms. The van der Waals surface area contributed by atoms with Crippen LogP contribution in [0.3, 0.4) is 0 Å². The predicted molar refractivity (Wildman–Crippen MR) is 161 cm³/mol. The van der Waals surface area contributed by atoms with Gasteiger partial charge in [-0.25, -0.2) is 0 Å². The zero-order valence-corrected chi connectivity index (χ0v) is 24.6. The van der Waals surface area contributed by atoms with Gasteiger partial charge in [0.15, 0.2) is 0 Å². The molecule has 0 N–H and O–H groups in total. The number of esters is 1. The van der Waals surface area contributed by atoms with Crippen molar-refractivity contribution in [1.29, 1.82) is 0 Å². The molecule has 0 bridgehead atoms. The van der Waals surface area contributed by atoms with Crippen LogP contribution >= 0.6 is 0 Å². The molecule has 0 aromatic heterocycles. The maximum atomic E-state index is 10.9. The minimum absolute atomic E-state index is 0. The van der Waals surface area contributed by atoms with Gasteiger partial charge in [-0.1, -0.05) is 71.5 Å². The fourth-order valence-corrected chi connectivity index (χ4v) is 4.48. The number of hydrogen-bond donors (Lipinski definition) is 0. The topological polar surface area (TPSA) is 54.0 Å². The van der Waals surface area contributed by atoms with Crippen LogP contribution in [0.25, 0.3) is 0 Å². The molecule has 0 amide bonds. The lowest BCUT2D eigenvalue weighted by Crippen LogP contribution is -2.35. The number of ether oxygens (including phenoxy) is 4. The summed E-state index contributed by atoms with van der Waals surface area (Å²) in [6.45, 7) is 13.8. The van der Waals surface area contributed by atoms with E-state index in [2.05, 4.69) is 50.2 Å². The van der Waals surface area contributed by atoms with Gasteiger partial charge >= 0.3 is 5.97 Å². The minimum Gasteiger partial charge on any atom is -0.497 e. The SMILES string of the molecule is C.CC(C)C(=O)OC(C)(C)C.COc1ccc(C(c2ccc(OC)cc2)(c2ccc(OC)cc2)C(C)C)cc1. The van der Waals surface area contributed by atoms with E-state index < -0.39 is 0 Å². The van der Waals surface area contributed by atoms with Gasteiger partial charge in [0.1, 0.15) is 22.8 Å². The van der Waals surface area contributed by atoms with Crippen LogP contribution in [0.1, 0.15) is 72.6 Å². The van der Waals surface area contributed by atoms with E-state index in [1.54, 1.807) is 21.3 Å². The van der Waals surface area contributed by atoms with Crippen molar-refractivity contribution in [2.75, 3.05) is 21.3 Å². The van der Waals surface area contributed by atoms with Crippen molar-refractivity contribution in [2.24, 2.45) is 11.8 Å². The zero-order valence-electron chi connectivity index (χ0n) is 24.6. The van der Waals surface area contributed by atoms with Crippen LogP contribution in [0, 0.1) is 11.8 Å². The Kier molecular flexibility index (Phi) is 12.6. The van der Waals surface area contributed by atoms with E-state index in [1.165, 1.54) is 16.7 Å². The molecule has 0 fully saturated rings. The number of hydrogen-bond acceptors (Lipinski definition) is 5. The molecule has 3 aromatic rings. The van der Waals surface area contributed by atoms with E-state index in [4.69, 9.17) is 18.9 Å². The van der Waals surface area contributed by atoms with E-state index >= 15 is 0 Å². The van der Waals surface area contributed by atoms with Crippen LogP contribution in [0.5, 0.6) is 17.2 Å². The van der Waals surface area contributed by atoms with Crippen LogP contribution in [0.2, 0.25) is 0 Å². The van der Waals surface area contributed by atoms with Crippen LogP contribution in [0.15, 0.2) is 72.8 Å². The molecule has 5 nitrogen and oxygen atoms in total. The van der Waals surface area contributed by atoms with Gasteiger partial charge in [0, 0.05) is 5.41 Å². The monoisotopic (exact) mass is 536 g/mol. The van der Waals surface area contributed by atoms with Crippen LogP contribution in [-0.2, 0) is 14.9 Å². The lowest BCUT2D eigenvalue weighted by Gasteiger charge is -2.40. The molecule has 39 heavy (non-hydrogen) atoms. The van der Waals surface area contributed by atoms with Crippen LogP contribution < -0.4 is 14.2 Å². The molecule has 0 saturated heterocycles. The van der Waals surface area contributed by atoms with E-state index in [1.807, 2.05) is 71.0 Å². The Balaban J connectivity index is 0.000000592. The molecule has 0 unspecified atom stereocenters. The third-order valence-corrected chi connectivity index (χ3v) is 6.38. The van der Waals surface area contributed by atoms with Gasteiger partial charge in [-0.2, -0.15) is 0 Å². The highest BCUT2D eigenvalue weighted by atomic mass is 16.6. The summed E-state index contributed by atoms with van der Waals surface area (Å²) in [4.78, 5) is 10.9. The number of rotatable bonds is 8. The third kappa shape index (κ3) is 8.51. The summed E-state index contributed by atoms with van der Waals surface area (Å²) in [7, 11) is 5.08. The molecule has 5 heteroatoms. The zero-order chi connectivity index (χ0) is 28.5. The maximum Gasteiger partial charge on any atom is 0.308 e. The smallest absolute Gasteiger partial charge is 0.308 e. The summed E-state index contributed by atoms with van der Waals surface area (Å²) in [5, 5.41) is 0. The largest absolute Gasteiger partial charge is 0.497 e. The Hall–Kier alpha value is -3.47. The number of carbonyl (C=O) groups is 1. The van der Waals surface area contributed by atoms with Gasteiger partial charge in [-0.05, 0) is 79.8 Å². The van der Waals surface area contributed by atoms with E-state index in [0.717, 1.165) is 17.2 Å². The van der Waals surface area contributed by atoms with Gasteiger partial charge in [0.2, 0.25) is 0 Å². The average molecular weight is 537 g/mol. The van der Waals surface area contributed by atoms with E-state index in [-0.39, 0.29) is 30.3 Å². The van der Waals surface area contributed by atoms with Gasteiger partial charge in [-0.15, -0.1) is 0 Å². The van der Waals surface area contributed by atoms with Crippen LogP contribution in [-0.4, -0.2) is 32.9 Å². The molecular weight excluding hydrogens is 488 g/mol. The molecule has 0 aliphatic rings. The van der Waals surface area contributed by atoms with Gasteiger partial charge in [0.25, 0.3) is 0 Å². The van der Waals surface area contributed by atoms with Crippen molar-refractivity contribution in [3.05, 3.63) is 89.5 Å². The lowest BCUT2D eigenvalue weighted by molar-refractivity contribution is -0.158. The summed E-state index contributed by atoms with van der Waals surface area (Å²) in [6.07, 6.45) is 0. The van der Waals surface area contributed by atoms with Gasteiger partial charge in [0.05, 0.1) is 27.2 Å². The average Bonchev–Trinajstić information content (AvgIpc) is 2.89.